The van der Waals surface area contributed by atoms with E-state index >= 15 is 0 Å². The predicted octanol–water partition coefficient (Wildman–Crippen LogP) is 8.99. The lowest BCUT2D eigenvalue weighted by Crippen LogP contribution is -2.27. The molecule has 44 heavy (non-hydrogen) atoms. The Kier molecular flexibility index (Phi) is 6.50. The molecule has 4 heteroatoms. The lowest BCUT2D eigenvalue weighted by molar-refractivity contribution is 0.341. The molecular formula is C40H34N4. The zero-order valence-electron chi connectivity index (χ0n) is 24.9. The number of dihydropyridines is 1. The molecule has 214 valence electrons. The Hall–Kier alpha value is -5.19. The minimum absolute atomic E-state index is 0.0771. The fourth-order valence-corrected chi connectivity index (χ4v) is 6.56. The average molecular weight is 571 g/mol. The number of hydrazine groups is 1. The van der Waals surface area contributed by atoms with Crippen LogP contribution in [0, 0.1) is 0 Å². The van der Waals surface area contributed by atoms with Crippen LogP contribution in [0.1, 0.15) is 48.4 Å². The first kappa shape index (κ1) is 26.4. The van der Waals surface area contributed by atoms with Gasteiger partial charge in [0.25, 0.3) is 0 Å². The zero-order valence-corrected chi connectivity index (χ0v) is 24.9. The largest absolute Gasteiger partial charge is 0.382 e. The minimum Gasteiger partial charge on any atom is -0.382 e. The first-order valence-corrected chi connectivity index (χ1v) is 15.4. The number of benzene rings is 5. The SMILES string of the molecule is CC1=CC=C(c2ccc(C3=NC(c4ccc(-c5ccccc5)cc4)N4C(c5ccc(-c6ccccc6)cc5)N34)cc2)C(C)N1. The molecule has 4 atom stereocenters. The Morgan fingerprint density at radius 2 is 1.05 bits per heavy atom. The number of fused-ring (bicyclic) bond motifs is 1. The molecule has 3 aliphatic heterocycles. The molecule has 1 saturated heterocycles. The third-order valence-electron chi connectivity index (χ3n) is 8.92. The van der Waals surface area contributed by atoms with Crippen LogP contribution in [0.5, 0.6) is 0 Å². The van der Waals surface area contributed by atoms with E-state index in [4.69, 9.17) is 4.99 Å². The summed E-state index contributed by atoms with van der Waals surface area (Å²) in [7, 11) is 0. The number of hydrogen-bond acceptors (Lipinski definition) is 4. The summed E-state index contributed by atoms with van der Waals surface area (Å²) in [5.41, 5.74) is 12.2. The first-order chi connectivity index (χ1) is 21.6. The highest BCUT2D eigenvalue weighted by Crippen LogP contribution is 2.54. The third kappa shape index (κ3) is 4.74. The van der Waals surface area contributed by atoms with Crippen molar-refractivity contribution in [2.45, 2.75) is 32.2 Å². The van der Waals surface area contributed by atoms with Gasteiger partial charge in [0.1, 0.15) is 18.2 Å². The van der Waals surface area contributed by atoms with Crippen molar-refractivity contribution in [2.75, 3.05) is 0 Å². The van der Waals surface area contributed by atoms with Gasteiger partial charge in [-0.15, -0.1) is 0 Å². The Bertz CT molecular complexity index is 1890. The summed E-state index contributed by atoms with van der Waals surface area (Å²) < 4.78 is 0. The smallest absolute Gasteiger partial charge is 0.150 e. The number of rotatable bonds is 6. The van der Waals surface area contributed by atoms with Crippen molar-refractivity contribution in [1.82, 2.24) is 15.3 Å². The summed E-state index contributed by atoms with van der Waals surface area (Å²) in [6, 6.07) is 48.2. The fourth-order valence-electron chi connectivity index (χ4n) is 6.56. The van der Waals surface area contributed by atoms with Gasteiger partial charge >= 0.3 is 0 Å². The van der Waals surface area contributed by atoms with E-state index in [0.717, 1.165) is 11.4 Å². The molecule has 0 bridgehead atoms. The van der Waals surface area contributed by atoms with Crippen molar-refractivity contribution in [2.24, 2.45) is 4.99 Å². The van der Waals surface area contributed by atoms with Crippen LogP contribution in [0.3, 0.4) is 0 Å². The van der Waals surface area contributed by atoms with Crippen molar-refractivity contribution in [3.05, 3.63) is 174 Å². The Labute approximate surface area is 259 Å². The summed E-state index contributed by atoms with van der Waals surface area (Å²) in [4.78, 5) is 5.30. The number of nitrogens with zero attached hydrogens (tertiary/aromatic N) is 3. The highest BCUT2D eigenvalue weighted by molar-refractivity contribution is 6.01. The molecule has 0 aromatic heterocycles. The molecule has 4 unspecified atom stereocenters. The number of amidine groups is 1. The molecule has 0 spiro atoms. The standard InChI is InChI=1S/C40H34N4/c1-27-13-26-37(28(2)41-27)33-18-22-35(23-19-33)39-42-38(34-20-14-31(15-21-34)29-9-5-3-6-10-29)43-40(44(39)43)36-24-16-32(17-25-36)30-11-7-4-8-12-30/h3-26,28,38,40-41H,1-2H3. The maximum absolute atomic E-state index is 5.30. The number of nitrogens with one attached hydrogen (secondary N) is 1. The van der Waals surface area contributed by atoms with E-state index in [1.807, 2.05) is 0 Å². The van der Waals surface area contributed by atoms with Crippen LogP contribution in [-0.2, 0) is 0 Å². The van der Waals surface area contributed by atoms with Crippen LogP contribution >= 0.6 is 0 Å². The quantitative estimate of drug-likeness (QED) is 0.207. The van der Waals surface area contributed by atoms with E-state index in [-0.39, 0.29) is 18.4 Å². The molecule has 5 aromatic rings. The summed E-state index contributed by atoms with van der Waals surface area (Å²) >= 11 is 0. The van der Waals surface area contributed by atoms with E-state index in [1.165, 1.54) is 50.2 Å². The molecule has 1 N–H and O–H groups in total. The molecule has 0 radical (unpaired) electrons. The van der Waals surface area contributed by atoms with E-state index in [0.29, 0.717) is 0 Å². The summed E-state index contributed by atoms with van der Waals surface area (Å²) in [6.45, 7) is 4.32. The van der Waals surface area contributed by atoms with Crippen LogP contribution in [-0.4, -0.2) is 21.9 Å². The van der Waals surface area contributed by atoms with E-state index in [9.17, 15) is 0 Å². The van der Waals surface area contributed by atoms with Gasteiger partial charge in [-0.1, -0.05) is 140 Å². The van der Waals surface area contributed by atoms with Gasteiger partial charge in [0.05, 0.1) is 0 Å². The van der Waals surface area contributed by atoms with Crippen LogP contribution in [0.2, 0.25) is 0 Å². The van der Waals surface area contributed by atoms with Gasteiger partial charge in [-0.2, -0.15) is 5.01 Å². The molecule has 8 rings (SSSR count). The molecule has 0 aliphatic carbocycles. The second-order valence-corrected chi connectivity index (χ2v) is 11.8. The van der Waals surface area contributed by atoms with Gasteiger partial charge < -0.3 is 5.32 Å². The molecule has 5 aromatic carbocycles. The third-order valence-corrected chi connectivity index (χ3v) is 8.92. The Morgan fingerprint density at radius 3 is 1.61 bits per heavy atom. The van der Waals surface area contributed by atoms with Crippen molar-refractivity contribution < 1.29 is 0 Å². The van der Waals surface area contributed by atoms with Gasteiger partial charge in [-0.25, -0.2) is 4.99 Å². The minimum atomic E-state index is -0.0771. The Balaban J connectivity index is 1.12. The van der Waals surface area contributed by atoms with Gasteiger partial charge in [-0.3, -0.25) is 5.01 Å². The van der Waals surface area contributed by atoms with Gasteiger partial charge in [0.2, 0.25) is 0 Å². The van der Waals surface area contributed by atoms with Crippen molar-refractivity contribution in [3.8, 4) is 22.3 Å². The monoisotopic (exact) mass is 570 g/mol. The number of hydrogen-bond donors (Lipinski definition) is 1. The van der Waals surface area contributed by atoms with Crippen LogP contribution in [0.25, 0.3) is 27.8 Å². The number of aliphatic imine (C=N–C) groups is 1. The second-order valence-electron chi connectivity index (χ2n) is 11.8. The van der Waals surface area contributed by atoms with E-state index in [1.54, 1.807) is 0 Å². The van der Waals surface area contributed by atoms with Crippen molar-refractivity contribution in [1.29, 1.82) is 0 Å². The molecule has 3 aliphatic rings. The Morgan fingerprint density at radius 1 is 0.545 bits per heavy atom. The topological polar surface area (TPSA) is 30.4 Å². The predicted molar refractivity (Wildman–Crippen MR) is 180 cm³/mol. The summed E-state index contributed by atoms with van der Waals surface area (Å²) in [6.07, 6.45) is 4.45. The van der Waals surface area contributed by atoms with E-state index < -0.39 is 0 Å². The summed E-state index contributed by atoms with van der Waals surface area (Å²) in [5.74, 6) is 1.02. The van der Waals surface area contributed by atoms with Crippen LogP contribution in [0.15, 0.2) is 156 Å². The number of allylic oxidation sites excluding steroid dienone is 3. The molecule has 0 amide bonds. The lowest BCUT2D eigenvalue weighted by atomic mass is 9.95. The molecule has 1 fully saturated rings. The van der Waals surface area contributed by atoms with Gasteiger partial charge in [0.15, 0.2) is 0 Å². The highest BCUT2D eigenvalue weighted by atomic mass is 15.9. The summed E-state index contributed by atoms with van der Waals surface area (Å²) in [5, 5.41) is 8.31. The molecule has 0 saturated carbocycles. The molecular weight excluding hydrogens is 536 g/mol. The van der Waals surface area contributed by atoms with Gasteiger partial charge in [0, 0.05) is 17.3 Å². The molecule has 4 nitrogen and oxygen atoms in total. The lowest BCUT2D eigenvalue weighted by Gasteiger charge is -2.23. The van der Waals surface area contributed by atoms with Crippen molar-refractivity contribution in [3.63, 3.8) is 0 Å². The maximum Gasteiger partial charge on any atom is 0.150 e. The highest BCUT2D eigenvalue weighted by Gasteiger charge is 2.57. The van der Waals surface area contributed by atoms with Crippen LogP contribution < -0.4 is 5.32 Å². The fraction of sp³-hybridized carbons (Fsp3) is 0.125. The maximum atomic E-state index is 5.30. The molecule has 3 heterocycles. The van der Waals surface area contributed by atoms with Gasteiger partial charge in [-0.05, 0) is 64.4 Å². The van der Waals surface area contributed by atoms with E-state index in [2.05, 4.69) is 175 Å². The second kappa shape index (κ2) is 10.8. The average Bonchev–Trinajstić information content (AvgIpc) is 3.69. The first-order valence-electron chi connectivity index (χ1n) is 15.4. The van der Waals surface area contributed by atoms with Crippen LogP contribution in [0.4, 0.5) is 0 Å². The zero-order chi connectivity index (χ0) is 29.6. The normalized spacial score (nSPS) is 22.0. The van der Waals surface area contributed by atoms with Crippen molar-refractivity contribution >= 4 is 11.4 Å².